The third kappa shape index (κ3) is 2.20. The van der Waals surface area contributed by atoms with Crippen LogP contribution in [0.25, 0.3) is 0 Å². The van der Waals surface area contributed by atoms with Gasteiger partial charge in [-0.1, -0.05) is 0 Å². The van der Waals surface area contributed by atoms with Crippen LogP contribution >= 0.6 is 0 Å². The van der Waals surface area contributed by atoms with Gasteiger partial charge < -0.3 is 0 Å². The number of nitrogens with zero attached hydrogens (tertiary/aromatic N) is 1. The molecular weight excluding hydrogens is 270 g/mol. The van der Waals surface area contributed by atoms with Crippen LogP contribution in [0.3, 0.4) is 0 Å². The molecule has 64 valence electrons. The van der Waals surface area contributed by atoms with Crippen molar-refractivity contribution in [1.29, 1.82) is 0 Å². The molecule has 1 aromatic carbocycles. The molecule has 0 N–H and O–H groups in total. The van der Waals surface area contributed by atoms with E-state index in [1.165, 1.54) is 0 Å². The fourth-order valence-electron chi connectivity index (χ4n) is 0.875. The topological polar surface area (TPSA) is 43.1 Å². The molecule has 12 heavy (non-hydrogen) atoms. The van der Waals surface area contributed by atoms with Gasteiger partial charge >= 0.3 is 83.7 Å². The van der Waals surface area contributed by atoms with E-state index in [0.717, 1.165) is 5.56 Å². The number of nitro benzene ring substituents is 1. The van der Waals surface area contributed by atoms with E-state index in [0.29, 0.717) is 3.97 Å². The molecule has 4 heteroatoms. The van der Waals surface area contributed by atoms with E-state index in [9.17, 15) is 10.1 Å². The SMILES string of the molecule is CC([TeH])c1ccc([N+](=O)[O-])cc1. The van der Waals surface area contributed by atoms with Crippen molar-refractivity contribution in [3.63, 3.8) is 0 Å². The van der Waals surface area contributed by atoms with Gasteiger partial charge in [0.1, 0.15) is 0 Å². The summed E-state index contributed by atoms with van der Waals surface area (Å²) in [4.78, 5) is 9.91. The van der Waals surface area contributed by atoms with Gasteiger partial charge in [0, 0.05) is 0 Å². The Bertz CT molecular complexity index is 282. The van der Waals surface area contributed by atoms with Crippen LogP contribution in [0.1, 0.15) is 16.5 Å². The Morgan fingerprint density at radius 2 is 1.92 bits per heavy atom. The molecular formula is C8H9NO2Te. The first kappa shape index (κ1) is 9.50. The summed E-state index contributed by atoms with van der Waals surface area (Å²) in [6, 6.07) is 6.70. The number of nitro groups is 1. The monoisotopic (exact) mass is 281 g/mol. The Labute approximate surface area is 83.8 Å². The average molecular weight is 279 g/mol. The van der Waals surface area contributed by atoms with Crippen molar-refractivity contribution in [2.45, 2.75) is 10.9 Å². The molecule has 0 heterocycles. The van der Waals surface area contributed by atoms with Crippen molar-refractivity contribution in [2.75, 3.05) is 0 Å². The van der Waals surface area contributed by atoms with Crippen LogP contribution in [0.15, 0.2) is 24.3 Å². The van der Waals surface area contributed by atoms with Gasteiger partial charge in [0.15, 0.2) is 0 Å². The first-order valence-corrected chi connectivity index (χ1v) is 5.01. The third-order valence-corrected chi connectivity index (χ3v) is 2.44. The van der Waals surface area contributed by atoms with Gasteiger partial charge in [-0.15, -0.1) is 0 Å². The van der Waals surface area contributed by atoms with Crippen molar-refractivity contribution < 1.29 is 4.92 Å². The fraction of sp³-hybridized carbons (Fsp3) is 0.250. The van der Waals surface area contributed by atoms with Crippen molar-refractivity contribution in [2.24, 2.45) is 0 Å². The molecule has 0 fully saturated rings. The molecule has 0 aliphatic heterocycles. The fourth-order valence-corrected chi connectivity index (χ4v) is 1.37. The molecule has 0 bridgehead atoms. The minimum absolute atomic E-state index is 0.158. The zero-order chi connectivity index (χ0) is 9.14. The molecule has 1 atom stereocenters. The summed E-state index contributed by atoms with van der Waals surface area (Å²) in [5.74, 6) is 0. The summed E-state index contributed by atoms with van der Waals surface area (Å²) in [5.41, 5.74) is 1.31. The summed E-state index contributed by atoms with van der Waals surface area (Å²) >= 11 is 1.71. The van der Waals surface area contributed by atoms with Gasteiger partial charge in [0.2, 0.25) is 0 Å². The van der Waals surface area contributed by atoms with E-state index in [-0.39, 0.29) is 10.6 Å². The van der Waals surface area contributed by atoms with Crippen molar-refractivity contribution in [3.05, 3.63) is 39.9 Å². The number of non-ortho nitro benzene ring substituents is 1. The molecule has 0 spiro atoms. The van der Waals surface area contributed by atoms with E-state index in [1.54, 1.807) is 46.6 Å². The van der Waals surface area contributed by atoms with Gasteiger partial charge in [-0.2, -0.15) is 0 Å². The Morgan fingerprint density at radius 1 is 1.42 bits per heavy atom. The minimum atomic E-state index is -0.381. The molecule has 0 amide bonds. The van der Waals surface area contributed by atoms with Crippen LogP contribution < -0.4 is 0 Å². The molecule has 0 radical (unpaired) electrons. The predicted octanol–water partition coefficient (Wildman–Crippen LogP) is 1.56. The second-order valence-corrected chi connectivity index (χ2v) is 4.74. The van der Waals surface area contributed by atoms with Crippen LogP contribution in [0.5, 0.6) is 0 Å². The Kier molecular flexibility index (Phi) is 3.07. The standard InChI is InChI=1S/C8H9NO2Te/c1-6(12)7-2-4-8(5-3-7)9(10)11/h2-6,12H,1H3. The maximum atomic E-state index is 10.3. The summed E-state index contributed by atoms with van der Waals surface area (Å²) in [6.07, 6.45) is 0. The molecule has 0 saturated heterocycles. The van der Waals surface area contributed by atoms with Crippen molar-refractivity contribution in [3.8, 4) is 0 Å². The molecule has 3 nitrogen and oxygen atoms in total. The van der Waals surface area contributed by atoms with E-state index in [4.69, 9.17) is 0 Å². The number of rotatable bonds is 2. The predicted molar refractivity (Wildman–Crippen MR) is 48.7 cm³/mol. The number of hydrogen-bond acceptors (Lipinski definition) is 2. The molecule has 0 saturated carbocycles. The maximum absolute atomic E-state index is 10.3. The zero-order valence-electron chi connectivity index (χ0n) is 6.60. The quantitative estimate of drug-likeness (QED) is 0.468. The Balaban J connectivity index is 2.93. The summed E-state index contributed by atoms with van der Waals surface area (Å²) in [5, 5.41) is 10.3. The summed E-state index contributed by atoms with van der Waals surface area (Å²) in [6.45, 7) is 2.08. The van der Waals surface area contributed by atoms with Crippen molar-refractivity contribution >= 4 is 28.0 Å². The Morgan fingerprint density at radius 3 is 2.25 bits per heavy atom. The van der Waals surface area contributed by atoms with Crippen molar-refractivity contribution in [1.82, 2.24) is 0 Å². The number of benzene rings is 1. The van der Waals surface area contributed by atoms with Gasteiger partial charge in [-0.05, 0) is 0 Å². The Hall–Kier alpha value is -0.590. The van der Waals surface area contributed by atoms with Crippen LogP contribution in [-0.4, -0.2) is 27.2 Å². The average Bonchev–Trinajstić information content (AvgIpc) is 2.04. The zero-order valence-corrected chi connectivity index (χ0v) is 9.15. The molecule has 1 aromatic rings. The van der Waals surface area contributed by atoms with Gasteiger partial charge in [0.05, 0.1) is 0 Å². The summed E-state index contributed by atoms with van der Waals surface area (Å²) in [7, 11) is 0. The van der Waals surface area contributed by atoms with Gasteiger partial charge in [-0.25, -0.2) is 0 Å². The second kappa shape index (κ2) is 3.88. The molecule has 1 unspecified atom stereocenters. The van der Waals surface area contributed by atoms with E-state index in [1.807, 2.05) is 0 Å². The third-order valence-electron chi connectivity index (χ3n) is 1.59. The first-order valence-electron chi connectivity index (χ1n) is 3.53. The second-order valence-electron chi connectivity index (χ2n) is 2.52. The van der Waals surface area contributed by atoms with Crippen LogP contribution in [0.4, 0.5) is 5.69 Å². The van der Waals surface area contributed by atoms with E-state index < -0.39 is 0 Å². The van der Waals surface area contributed by atoms with Crippen LogP contribution in [0, 0.1) is 10.1 Å². The van der Waals surface area contributed by atoms with Crippen LogP contribution in [0.2, 0.25) is 0 Å². The molecule has 0 aliphatic carbocycles. The molecule has 0 aromatic heterocycles. The first-order chi connectivity index (χ1) is 5.61. The van der Waals surface area contributed by atoms with Gasteiger partial charge in [-0.3, -0.25) is 0 Å². The molecule has 0 aliphatic rings. The normalized spacial score (nSPS) is 12.5. The van der Waals surface area contributed by atoms with Crippen LogP contribution in [-0.2, 0) is 0 Å². The number of hydrogen-bond donors (Lipinski definition) is 0. The van der Waals surface area contributed by atoms with E-state index >= 15 is 0 Å². The van der Waals surface area contributed by atoms with Gasteiger partial charge in [0.25, 0.3) is 0 Å². The molecule has 1 rings (SSSR count). The summed E-state index contributed by atoms with van der Waals surface area (Å²) < 4.78 is 0.472. The van der Waals surface area contributed by atoms with E-state index in [2.05, 4.69) is 6.92 Å².